The molecule has 0 aliphatic rings. The zero-order valence-corrected chi connectivity index (χ0v) is 64.6. The molecule has 538 valence electrons. The van der Waals surface area contributed by atoms with Gasteiger partial charge >= 0.3 is 0 Å². The third-order valence-corrected chi connectivity index (χ3v) is 25.3. The minimum atomic E-state index is 1.08. The molecule has 19 aromatic carbocycles. The fourth-order valence-electron chi connectivity index (χ4n) is 16.1. The first-order valence-corrected chi connectivity index (χ1v) is 41.1. The van der Waals surface area contributed by atoms with Crippen LogP contribution in [0.2, 0.25) is 0 Å². The fourth-order valence-corrected chi connectivity index (χ4v) is 19.8. The van der Waals surface area contributed by atoms with Gasteiger partial charge in [0.05, 0.1) is 0 Å². The molecule has 114 heavy (non-hydrogen) atoms. The predicted octanol–water partition coefficient (Wildman–Crippen LogP) is 32.5. The van der Waals surface area contributed by atoms with Gasteiger partial charge in [-0.05, 0) is 203 Å². The number of nitrogens with one attached hydrogen (secondary N) is 3. The minimum Gasteiger partial charge on any atom is -0.355 e. The van der Waals surface area contributed by atoms with Crippen molar-refractivity contribution >= 4 is 161 Å². The summed E-state index contributed by atoms with van der Waals surface area (Å²) in [6, 6.07) is 152. The van der Waals surface area contributed by atoms with Crippen molar-refractivity contribution in [3.05, 3.63) is 425 Å². The summed E-state index contributed by atoms with van der Waals surface area (Å²) in [7, 11) is 0. The Bertz CT molecular complexity index is 7310. The molecule has 0 unspecified atom stereocenters. The van der Waals surface area contributed by atoms with E-state index in [2.05, 4.69) is 435 Å². The maximum atomic E-state index is 3.80. The van der Waals surface area contributed by atoms with E-state index in [0.29, 0.717) is 0 Å². The number of anilines is 6. The molecule has 22 aromatic rings. The lowest BCUT2D eigenvalue weighted by Gasteiger charge is -2.15. The standard InChI is InChI=1S/C40H27NS.C36H25NS.C32H21NS/c1-2-12-28(13-3-1)33-17-6-7-18-34(33)35-23-24-37(39-36-19-8-9-20-38(36)42-40(35)39)41-32-16-10-15-30(26-32)31-22-21-27-11-4-5-14-29(27)25-31;1-3-10-25(11-4-1)27-18-20-28(21-19-27)33-23-31(24-34-32-16-7-8-17-35(32)38-36(33)34)37-30-15-9-14-29(22-30)26-12-5-2-6-13-26;1-2-10-26(11-3-1)33-27-19-29(32-30(20-27)28-12-6-7-13-31(28)34-32)24-15-14-23-16-21-8-4-5-9-22(21)17-25(23)18-24/h1-26,41H;1-24,37H;1-20,33H. The molecule has 0 amide bonds. The van der Waals surface area contributed by atoms with Crippen molar-refractivity contribution in [2.45, 2.75) is 0 Å². The molecular weight excluding hydrogens is 1440 g/mol. The van der Waals surface area contributed by atoms with E-state index in [1.165, 1.54) is 171 Å². The Kier molecular flexibility index (Phi) is 18.6. The topological polar surface area (TPSA) is 36.1 Å². The van der Waals surface area contributed by atoms with Crippen molar-refractivity contribution in [2.75, 3.05) is 16.0 Å². The van der Waals surface area contributed by atoms with Gasteiger partial charge in [0.25, 0.3) is 0 Å². The van der Waals surface area contributed by atoms with Gasteiger partial charge in [-0.1, -0.05) is 315 Å². The number of hydrogen-bond donors (Lipinski definition) is 3. The average Bonchev–Trinajstić information content (AvgIpc) is 1.58. The Morgan fingerprint density at radius 2 is 0.535 bits per heavy atom. The van der Waals surface area contributed by atoms with Crippen LogP contribution in [-0.4, -0.2) is 0 Å². The number of benzene rings is 19. The highest BCUT2D eigenvalue weighted by Crippen LogP contribution is 2.49. The van der Waals surface area contributed by atoms with Crippen LogP contribution in [-0.2, 0) is 0 Å². The van der Waals surface area contributed by atoms with Gasteiger partial charge in [0.1, 0.15) is 0 Å². The van der Waals surface area contributed by atoms with Crippen LogP contribution in [0.3, 0.4) is 0 Å². The minimum absolute atomic E-state index is 1.08. The van der Waals surface area contributed by atoms with Crippen molar-refractivity contribution in [2.24, 2.45) is 0 Å². The van der Waals surface area contributed by atoms with Crippen LogP contribution in [0.25, 0.3) is 171 Å². The molecular formula is C108H73N3S3. The first-order valence-electron chi connectivity index (χ1n) is 38.6. The van der Waals surface area contributed by atoms with Crippen molar-refractivity contribution in [1.82, 2.24) is 0 Å². The van der Waals surface area contributed by atoms with Gasteiger partial charge in [-0.25, -0.2) is 0 Å². The average molecular weight is 1510 g/mol. The summed E-state index contributed by atoms with van der Waals surface area (Å²) in [5.41, 5.74) is 23.9. The molecule has 0 saturated heterocycles. The smallest absolute Gasteiger partial charge is 0.0479 e. The van der Waals surface area contributed by atoms with E-state index in [0.717, 1.165) is 34.1 Å². The summed E-state index contributed by atoms with van der Waals surface area (Å²) in [5.74, 6) is 0. The molecule has 0 spiro atoms. The monoisotopic (exact) mass is 1510 g/mol. The van der Waals surface area contributed by atoms with Crippen LogP contribution >= 0.6 is 34.0 Å². The lowest BCUT2D eigenvalue weighted by atomic mass is 9.93. The molecule has 3 nitrogen and oxygen atoms in total. The molecule has 0 fully saturated rings. The molecule has 0 atom stereocenters. The lowest BCUT2D eigenvalue weighted by Crippen LogP contribution is -1.93. The Balaban J connectivity index is 0.000000111. The maximum Gasteiger partial charge on any atom is 0.0479 e. The highest BCUT2D eigenvalue weighted by Gasteiger charge is 2.20. The molecule has 3 N–H and O–H groups in total. The summed E-state index contributed by atoms with van der Waals surface area (Å²) in [4.78, 5) is 0. The molecule has 6 heteroatoms. The van der Waals surface area contributed by atoms with Gasteiger partial charge in [-0.15, -0.1) is 34.0 Å². The van der Waals surface area contributed by atoms with E-state index in [9.17, 15) is 0 Å². The van der Waals surface area contributed by atoms with Crippen LogP contribution in [0, 0.1) is 0 Å². The van der Waals surface area contributed by atoms with Crippen LogP contribution in [0.4, 0.5) is 34.1 Å². The summed E-state index contributed by atoms with van der Waals surface area (Å²) >= 11 is 5.62. The molecule has 0 radical (unpaired) electrons. The van der Waals surface area contributed by atoms with E-state index in [4.69, 9.17) is 0 Å². The van der Waals surface area contributed by atoms with Gasteiger partial charge in [0.15, 0.2) is 0 Å². The van der Waals surface area contributed by atoms with Gasteiger partial charge in [0, 0.05) is 111 Å². The van der Waals surface area contributed by atoms with Crippen LogP contribution in [0.1, 0.15) is 0 Å². The molecule has 0 aliphatic carbocycles. The first-order chi connectivity index (χ1) is 56.4. The van der Waals surface area contributed by atoms with E-state index < -0.39 is 0 Å². The zero-order chi connectivity index (χ0) is 75.7. The van der Waals surface area contributed by atoms with Crippen LogP contribution in [0.5, 0.6) is 0 Å². The number of fused-ring (bicyclic) bond motifs is 12. The van der Waals surface area contributed by atoms with E-state index in [1.807, 2.05) is 40.1 Å². The molecule has 3 heterocycles. The van der Waals surface area contributed by atoms with Crippen molar-refractivity contribution in [1.29, 1.82) is 0 Å². The predicted molar refractivity (Wildman–Crippen MR) is 498 cm³/mol. The number of thiophene rings is 3. The highest BCUT2D eigenvalue weighted by atomic mass is 32.1. The summed E-state index contributed by atoms with van der Waals surface area (Å²) in [6.07, 6.45) is 0. The first kappa shape index (κ1) is 69.2. The second-order valence-electron chi connectivity index (χ2n) is 28.9. The van der Waals surface area contributed by atoms with Crippen molar-refractivity contribution < 1.29 is 0 Å². The largest absolute Gasteiger partial charge is 0.355 e. The van der Waals surface area contributed by atoms with Gasteiger partial charge in [-0.2, -0.15) is 0 Å². The maximum absolute atomic E-state index is 3.80. The molecule has 22 rings (SSSR count). The summed E-state index contributed by atoms with van der Waals surface area (Å²) in [5, 5.41) is 26.5. The van der Waals surface area contributed by atoms with Crippen LogP contribution < -0.4 is 16.0 Å². The third kappa shape index (κ3) is 14.0. The van der Waals surface area contributed by atoms with E-state index >= 15 is 0 Å². The number of para-hydroxylation sites is 1. The Labute approximate surface area is 674 Å². The highest BCUT2D eigenvalue weighted by molar-refractivity contribution is 7.27. The Hall–Kier alpha value is -14.0. The third-order valence-electron chi connectivity index (χ3n) is 21.6. The van der Waals surface area contributed by atoms with Crippen molar-refractivity contribution in [3.63, 3.8) is 0 Å². The summed E-state index contributed by atoms with van der Waals surface area (Å²) in [6.45, 7) is 0. The van der Waals surface area contributed by atoms with E-state index in [-0.39, 0.29) is 0 Å². The second-order valence-corrected chi connectivity index (χ2v) is 32.1. The summed E-state index contributed by atoms with van der Waals surface area (Å²) < 4.78 is 7.89. The Morgan fingerprint density at radius 3 is 1.17 bits per heavy atom. The SMILES string of the molecule is c1ccc(-c2ccc(-c3cc(Nc4cccc(-c5ccccc5)c4)cc4c3sc3ccccc34)cc2)cc1.c1ccc(-c2ccccc2-c2ccc(Nc3cccc(-c4ccc5ccccc5c4)c3)c3c2sc2ccccc23)cc1.c1ccc(Nc2cc(-c3ccc4cc5ccccc5cc4c3)c3sc4ccccc4c3c2)cc1. The van der Waals surface area contributed by atoms with Crippen molar-refractivity contribution in [3.8, 4) is 77.9 Å². The molecule has 3 aromatic heterocycles. The molecule has 0 aliphatic heterocycles. The van der Waals surface area contributed by atoms with Gasteiger partial charge in [0.2, 0.25) is 0 Å². The van der Waals surface area contributed by atoms with Gasteiger partial charge < -0.3 is 16.0 Å². The zero-order valence-electron chi connectivity index (χ0n) is 62.1. The quantitative estimate of drug-likeness (QED) is 0.101. The van der Waals surface area contributed by atoms with E-state index in [1.54, 1.807) is 0 Å². The van der Waals surface area contributed by atoms with Gasteiger partial charge in [-0.3, -0.25) is 0 Å². The number of hydrogen-bond acceptors (Lipinski definition) is 6. The lowest BCUT2D eigenvalue weighted by molar-refractivity contribution is 1.55. The fraction of sp³-hybridized carbons (Fsp3) is 0. The van der Waals surface area contributed by atoms with Crippen LogP contribution in [0.15, 0.2) is 425 Å². The number of rotatable bonds is 13. The molecule has 0 saturated carbocycles. The normalized spacial score (nSPS) is 11.3. The second kappa shape index (κ2) is 30.7. The molecule has 0 bridgehead atoms. The Morgan fingerprint density at radius 1 is 0.158 bits per heavy atom.